The molecule has 1 aromatic carbocycles. The quantitative estimate of drug-likeness (QED) is 0.831. The number of nitriles is 1. The average molecular weight is 335 g/mol. The lowest BCUT2D eigenvalue weighted by atomic mass is 10.0. The minimum atomic E-state index is -3.51. The minimum Gasteiger partial charge on any atom is -0.299 e. The second-order valence-electron chi connectivity index (χ2n) is 6.03. The zero-order valence-corrected chi connectivity index (χ0v) is 14.5. The van der Waals surface area contributed by atoms with Crippen LogP contribution in [0, 0.1) is 11.3 Å². The van der Waals surface area contributed by atoms with Gasteiger partial charge >= 0.3 is 0 Å². The lowest BCUT2D eigenvalue weighted by molar-refractivity contribution is 0.148. The number of hydrogen-bond acceptors (Lipinski definition) is 4. The molecule has 1 N–H and O–H groups in total. The van der Waals surface area contributed by atoms with Crippen LogP contribution in [-0.2, 0) is 10.0 Å². The molecule has 0 radical (unpaired) electrons. The van der Waals surface area contributed by atoms with Crippen LogP contribution in [0.3, 0.4) is 0 Å². The molecule has 0 saturated carbocycles. The molecule has 126 valence electrons. The van der Waals surface area contributed by atoms with Crippen LogP contribution >= 0.6 is 0 Å². The summed E-state index contributed by atoms with van der Waals surface area (Å²) in [6.45, 7) is 4.72. The summed E-state index contributed by atoms with van der Waals surface area (Å²) in [4.78, 5) is 2.63. The van der Waals surface area contributed by atoms with E-state index in [0.29, 0.717) is 12.1 Å². The molecule has 1 saturated heterocycles. The molecule has 1 fully saturated rings. The number of rotatable bonds is 7. The molecule has 0 bridgehead atoms. The fraction of sp³-hybridized carbons (Fsp3) is 0.588. The van der Waals surface area contributed by atoms with Crippen LogP contribution in [0.25, 0.3) is 0 Å². The molecular weight excluding hydrogens is 310 g/mol. The zero-order valence-electron chi connectivity index (χ0n) is 13.7. The van der Waals surface area contributed by atoms with Gasteiger partial charge in [0, 0.05) is 12.6 Å². The summed E-state index contributed by atoms with van der Waals surface area (Å²) in [5, 5.41) is 8.78. The molecule has 0 amide bonds. The maximum Gasteiger partial charge on any atom is 0.240 e. The maximum atomic E-state index is 12.4. The van der Waals surface area contributed by atoms with Crippen LogP contribution in [0.4, 0.5) is 0 Å². The summed E-state index contributed by atoms with van der Waals surface area (Å²) < 4.78 is 27.5. The number of unbranched alkanes of at least 4 members (excludes halogenated alkanes) is 1. The van der Waals surface area contributed by atoms with E-state index in [-0.39, 0.29) is 10.9 Å². The Kier molecular flexibility index (Phi) is 6.58. The molecule has 6 heteroatoms. The molecule has 1 aliphatic rings. The van der Waals surface area contributed by atoms with Gasteiger partial charge in [0.15, 0.2) is 0 Å². The molecule has 0 aliphatic carbocycles. The molecule has 1 aliphatic heterocycles. The third-order valence-corrected chi connectivity index (χ3v) is 5.79. The largest absolute Gasteiger partial charge is 0.299 e. The van der Waals surface area contributed by atoms with Gasteiger partial charge in [-0.1, -0.05) is 19.8 Å². The number of benzene rings is 1. The monoisotopic (exact) mass is 335 g/mol. The van der Waals surface area contributed by atoms with Gasteiger partial charge in [-0.05, 0) is 56.6 Å². The van der Waals surface area contributed by atoms with Crippen LogP contribution in [0.5, 0.6) is 0 Å². The molecular formula is C17H25N3O2S. The third kappa shape index (κ3) is 5.03. The van der Waals surface area contributed by atoms with Crippen molar-refractivity contribution in [3.63, 3.8) is 0 Å². The molecule has 1 heterocycles. The molecule has 0 unspecified atom stereocenters. The van der Waals surface area contributed by atoms with E-state index in [4.69, 9.17) is 5.26 Å². The normalized spacial score (nSPS) is 19.4. The minimum absolute atomic E-state index is 0.215. The van der Waals surface area contributed by atoms with E-state index in [1.165, 1.54) is 30.7 Å². The molecule has 1 aromatic rings. The molecule has 23 heavy (non-hydrogen) atoms. The van der Waals surface area contributed by atoms with E-state index in [1.54, 1.807) is 0 Å². The second kappa shape index (κ2) is 8.44. The van der Waals surface area contributed by atoms with Crippen LogP contribution < -0.4 is 4.72 Å². The summed E-state index contributed by atoms with van der Waals surface area (Å²) >= 11 is 0. The van der Waals surface area contributed by atoms with Gasteiger partial charge in [-0.15, -0.1) is 0 Å². The van der Waals surface area contributed by atoms with Crippen molar-refractivity contribution in [3.8, 4) is 6.07 Å². The Morgan fingerprint density at radius 1 is 1.30 bits per heavy atom. The molecule has 2 rings (SSSR count). The van der Waals surface area contributed by atoms with Crippen molar-refractivity contribution in [2.45, 2.75) is 50.0 Å². The van der Waals surface area contributed by atoms with Crippen LogP contribution in [0.1, 0.15) is 44.6 Å². The van der Waals surface area contributed by atoms with Crippen molar-refractivity contribution in [3.05, 3.63) is 29.8 Å². The summed E-state index contributed by atoms with van der Waals surface area (Å²) in [7, 11) is -3.51. The molecule has 1 atom stereocenters. The highest BCUT2D eigenvalue weighted by molar-refractivity contribution is 7.89. The standard InChI is InChI=1S/C17H25N3O2S/c1-2-3-11-20-12-5-4-6-16(20)14-19-23(21,22)17-9-7-15(13-18)8-10-17/h7-10,16,19H,2-6,11-12,14H2,1H3/t16-/m0/s1. The van der Waals surface area contributed by atoms with Crippen molar-refractivity contribution in [1.29, 1.82) is 5.26 Å². The fourth-order valence-electron chi connectivity index (χ4n) is 2.94. The summed E-state index contributed by atoms with van der Waals surface area (Å²) in [6, 6.07) is 8.30. The fourth-order valence-corrected chi connectivity index (χ4v) is 4.02. The van der Waals surface area contributed by atoms with Gasteiger partial charge in [0.1, 0.15) is 0 Å². The maximum absolute atomic E-state index is 12.4. The van der Waals surface area contributed by atoms with Gasteiger partial charge in [-0.2, -0.15) is 5.26 Å². The van der Waals surface area contributed by atoms with Crippen molar-refractivity contribution in [2.24, 2.45) is 0 Å². The highest BCUT2D eigenvalue weighted by atomic mass is 32.2. The number of nitrogens with one attached hydrogen (secondary N) is 1. The van der Waals surface area contributed by atoms with Crippen molar-refractivity contribution >= 4 is 10.0 Å². The first-order chi connectivity index (χ1) is 11.1. The number of nitrogens with zero attached hydrogens (tertiary/aromatic N) is 2. The first kappa shape index (κ1) is 17.9. The zero-order chi connectivity index (χ0) is 16.7. The lowest BCUT2D eigenvalue weighted by Gasteiger charge is -2.35. The summed E-state index contributed by atoms with van der Waals surface area (Å²) in [5.74, 6) is 0. The number of piperidine rings is 1. The molecule has 0 aromatic heterocycles. The van der Waals surface area contributed by atoms with Crippen LogP contribution in [0.2, 0.25) is 0 Å². The van der Waals surface area contributed by atoms with Crippen molar-refractivity contribution < 1.29 is 8.42 Å². The first-order valence-electron chi connectivity index (χ1n) is 8.30. The Labute approximate surface area is 139 Å². The molecule has 5 nitrogen and oxygen atoms in total. The van der Waals surface area contributed by atoms with E-state index in [1.807, 2.05) is 6.07 Å². The predicted molar refractivity (Wildman–Crippen MR) is 90.5 cm³/mol. The van der Waals surface area contributed by atoms with Gasteiger partial charge in [0.2, 0.25) is 10.0 Å². The van der Waals surface area contributed by atoms with Gasteiger partial charge in [0.05, 0.1) is 16.5 Å². The van der Waals surface area contributed by atoms with E-state index >= 15 is 0 Å². The summed E-state index contributed by atoms with van der Waals surface area (Å²) in [6.07, 6.45) is 5.70. The van der Waals surface area contributed by atoms with E-state index in [2.05, 4.69) is 16.5 Å². The predicted octanol–water partition coefficient (Wildman–Crippen LogP) is 2.49. The van der Waals surface area contributed by atoms with Gasteiger partial charge in [0.25, 0.3) is 0 Å². The van der Waals surface area contributed by atoms with Gasteiger partial charge in [-0.25, -0.2) is 13.1 Å². The van der Waals surface area contributed by atoms with Gasteiger partial charge in [-0.3, -0.25) is 4.90 Å². The number of sulfonamides is 1. The number of hydrogen-bond donors (Lipinski definition) is 1. The lowest BCUT2D eigenvalue weighted by Crippen LogP contribution is -2.46. The van der Waals surface area contributed by atoms with Crippen LogP contribution in [-0.4, -0.2) is 39.0 Å². The Morgan fingerprint density at radius 2 is 2.04 bits per heavy atom. The smallest absolute Gasteiger partial charge is 0.240 e. The topological polar surface area (TPSA) is 73.2 Å². The Bertz CT molecular complexity index is 635. The van der Waals surface area contributed by atoms with Crippen LogP contribution in [0.15, 0.2) is 29.2 Å². The third-order valence-electron chi connectivity index (χ3n) is 4.35. The highest BCUT2D eigenvalue weighted by Crippen LogP contribution is 2.18. The van der Waals surface area contributed by atoms with E-state index in [0.717, 1.165) is 38.8 Å². The van der Waals surface area contributed by atoms with Gasteiger partial charge < -0.3 is 0 Å². The van der Waals surface area contributed by atoms with E-state index < -0.39 is 10.0 Å². The van der Waals surface area contributed by atoms with Crippen molar-refractivity contribution in [2.75, 3.05) is 19.6 Å². The first-order valence-corrected chi connectivity index (χ1v) is 9.79. The Hall–Kier alpha value is -1.42. The Balaban J connectivity index is 1.97. The average Bonchev–Trinajstić information content (AvgIpc) is 2.59. The second-order valence-corrected chi connectivity index (χ2v) is 7.79. The molecule has 0 spiro atoms. The SMILES string of the molecule is CCCCN1CCCC[C@H]1CNS(=O)(=O)c1ccc(C#N)cc1. The Morgan fingerprint density at radius 3 is 2.70 bits per heavy atom. The van der Waals surface area contributed by atoms with E-state index in [9.17, 15) is 8.42 Å². The number of likely N-dealkylation sites (tertiary alicyclic amines) is 1. The highest BCUT2D eigenvalue weighted by Gasteiger charge is 2.24. The van der Waals surface area contributed by atoms with Crippen molar-refractivity contribution in [1.82, 2.24) is 9.62 Å². The summed E-state index contributed by atoms with van der Waals surface area (Å²) in [5.41, 5.74) is 0.460.